The van der Waals surface area contributed by atoms with Crippen molar-refractivity contribution in [2.24, 2.45) is 0 Å². The van der Waals surface area contributed by atoms with Gasteiger partial charge in [0.05, 0.1) is 9.85 Å². The van der Waals surface area contributed by atoms with Gasteiger partial charge in [-0.05, 0) is 12.1 Å². The fraction of sp³-hybridized carbons (Fsp3) is 0. The third-order valence-electron chi connectivity index (χ3n) is 2.87. The van der Waals surface area contributed by atoms with Crippen LogP contribution >= 0.6 is 0 Å². The summed E-state index contributed by atoms with van der Waals surface area (Å²) in [6.45, 7) is 0. The van der Waals surface area contributed by atoms with Gasteiger partial charge in [-0.3, -0.25) is 35.1 Å². The highest BCUT2D eigenvalue weighted by Gasteiger charge is 2.16. The highest BCUT2D eigenvalue weighted by Crippen LogP contribution is 2.15. The maximum atomic E-state index is 11.9. The maximum Gasteiger partial charge on any atom is 0.270 e. The van der Waals surface area contributed by atoms with Gasteiger partial charge in [0.2, 0.25) is 0 Å². The van der Waals surface area contributed by atoms with Crippen molar-refractivity contribution in [3.8, 4) is 0 Å². The van der Waals surface area contributed by atoms with E-state index in [9.17, 15) is 29.8 Å². The summed E-state index contributed by atoms with van der Waals surface area (Å²) in [7, 11) is 0. The van der Waals surface area contributed by atoms with Gasteiger partial charge in [0, 0.05) is 35.4 Å². The summed E-state index contributed by atoms with van der Waals surface area (Å²) >= 11 is 0. The Hall–Kier alpha value is -3.62. The second-order valence-electron chi connectivity index (χ2n) is 4.40. The molecule has 0 aromatic heterocycles. The molecular formula is C14H9N3O6. The normalized spacial score (nSPS) is 9.91. The molecule has 0 bridgehead atoms. The van der Waals surface area contributed by atoms with Crippen LogP contribution in [0.4, 0.5) is 11.4 Å². The molecule has 9 nitrogen and oxygen atoms in total. The summed E-state index contributed by atoms with van der Waals surface area (Å²) < 4.78 is 0. The highest BCUT2D eigenvalue weighted by atomic mass is 16.6. The lowest BCUT2D eigenvalue weighted by molar-refractivity contribution is -0.385. The average Bonchev–Trinajstić information content (AvgIpc) is 2.54. The number of benzene rings is 2. The molecule has 0 unspecified atom stereocenters. The lowest BCUT2D eigenvalue weighted by Crippen LogP contribution is -2.30. The first-order valence-electron chi connectivity index (χ1n) is 6.23. The van der Waals surface area contributed by atoms with E-state index in [1.807, 2.05) is 5.32 Å². The van der Waals surface area contributed by atoms with E-state index in [0.29, 0.717) is 0 Å². The van der Waals surface area contributed by atoms with Gasteiger partial charge in [-0.25, -0.2) is 0 Å². The monoisotopic (exact) mass is 315 g/mol. The Morgan fingerprint density at radius 2 is 1.17 bits per heavy atom. The number of hydrogen-bond donors (Lipinski definition) is 1. The summed E-state index contributed by atoms with van der Waals surface area (Å²) in [6.07, 6.45) is 0. The molecule has 0 atom stereocenters. The van der Waals surface area contributed by atoms with Crippen LogP contribution in [0.1, 0.15) is 20.7 Å². The first kappa shape index (κ1) is 15.8. The van der Waals surface area contributed by atoms with Crippen LogP contribution < -0.4 is 5.32 Å². The molecule has 0 aliphatic heterocycles. The van der Waals surface area contributed by atoms with Crippen molar-refractivity contribution in [1.29, 1.82) is 0 Å². The molecular weight excluding hydrogens is 306 g/mol. The van der Waals surface area contributed by atoms with Gasteiger partial charge >= 0.3 is 0 Å². The fourth-order valence-corrected chi connectivity index (χ4v) is 1.77. The third-order valence-corrected chi connectivity index (χ3v) is 2.87. The van der Waals surface area contributed by atoms with Gasteiger partial charge in [-0.15, -0.1) is 0 Å². The number of carbonyl (C=O) groups excluding carboxylic acids is 2. The van der Waals surface area contributed by atoms with Gasteiger partial charge in [-0.1, -0.05) is 12.1 Å². The number of imide groups is 1. The Morgan fingerprint density at radius 1 is 0.783 bits per heavy atom. The number of nitro groups is 2. The third kappa shape index (κ3) is 3.73. The van der Waals surface area contributed by atoms with Crippen LogP contribution in [0.25, 0.3) is 0 Å². The van der Waals surface area contributed by atoms with E-state index in [-0.39, 0.29) is 22.5 Å². The predicted octanol–water partition coefficient (Wildman–Crippen LogP) is 2.07. The molecule has 0 aliphatic rings. The predicted molar refractivity (Wildman–Crippen MR) is 78.0 cm³/mol. The molecule has 0 spiro atoms. The Balaban J connectivity index is 2.18. The lowest BCUT2D eigenvalue weighted by Gasteiger charge is -2.04. The Kier molecular flexibility index (Phi) is 4.41. The molecule has 1 N–H and O–H groups in total. The van der Waals surface area contributed by atoms with Crippen LogP contribution in [0.3, 0.4) is 0 Å². The van der Waals surface area contributed by atoms with E-state index in [0.717, 1.165) is 12.1 Å². The number of carbonyl (C=O) groups is 2. The largest absolute Gasteiger partial charge is 0.288 e. The number of hydrogen-bond acceptors (Lipinski definition) is 6. The number of non-ortho nitro benzene ring substituents is 2. The minimum absolute atomic E-state index is 0.0713. The van der Waals surface area contributed by atoms with Crippen molar-refractivity contribution >= 4 is 23.2 Å². The van der Waals surface area contributed by atoms with Gasteiger partial charge in [0.15, 0.2) is 0 Å². The molecule has 0 saturated carbocycles. The number of nitrogens with zero attached hydrogens (tertiary/aromatic N) is 2. The Bertz CT molecular complexity index is 750. The van der Waals surface area contributed by atoms with E-state index in [2.05, 4.69) is 0 Å². The van der Waals surface area contributed by atoms with E-state index in [1.165, 1.54) is 36.4 Å². The molecule has 2 aromatic rings. The van der Waals surface area contributed by atoms with Crippen LogP contribution in [0.2, 0.25) is 0 Å². The summed E-state index contributed by atoms with van der Waals surface area (Å²) in [6, 6.07) is 9.70. The van der Waals surface area contributed by atoms with Crippen molar-refractivity contribution in [2.45, 2.75) is 0 Å². The van der Waals surface area contributed by atoms with Crippen molar-refractivity contribution < 1.29 is 19.4 Å². The lowest BCUT2D eigenvalue weighted by atomic mass is 10.1. The number of rotatable bonds is 4. The summed E-state index contributed by atoms with van der Waals surface area (Å²) in [4.78, 5) is 43.9. The molecule has 2 aromatic carbocycles. The van der Waals surface area contributed by atoms with Crippen LogP contribution in [-0.2, 0) is 0 Å². The zero-order valence-corrected chi connectivity index (χ0v) is 11.5. The molecule has 0 saturated heterocycles. The molecule has 0 aliphatic carbocycles. The molecule has 0 fully saturated rings. The number of nitrogens with one attached hydrogen (secondary N) is 1. The number of nitro benzene ring substituents is 2. The molecule has 23 heavy (non-hydrogen) atoms. The van der Waals surface area contributed by atoms with E-state index in [1.54, 1.807) is 0 Å². The minimum atomic E-state index is -0.842. The molecule has 2 amide bonds. The van der Waals surface area contributed by atoms with Gasteiger partial charge in [0.25, 0.3) is 23.2 Å². The SMILES string of the molecule is O=C(NC(=O)c1cccc([N+](=O)[O-])c1)c1cccc([N+](=O)[O-])c1. The quantitative estimate of drug-likeness (QED) is 0.521. The van der Waals surface area contributed by atoms with Gasteiger partial charge in [-0.2, -0.15) is 0 Å². The van der Waals surface area contributed by atoms with Crippen LogP contribution in [0, 0.1) is 20.2 Å². The smallest absolute Gasteiger partial charge is 0.270 e. The minimum Gasteiger partial charge on any atom is -0.288 e. The maximum absolute atomic E-state index is 11.9. The second kappa shape index (κ2) is 6.43. The van der Waals surface area contributed by atoms with Gasteiger partial charge in [0.1, 0.15) is 0 Å². The zero-order chi connectivity index (χ0) is 17.0. The fourth-order valence-electron chi connectivity index (χ4n) is 1.77. The van der Waals surface area contributed by atoms with Crippen LogP contribution in [0.15, 0.2) is 48.5 Å². The van der Waals surface area contributed by atoms with Crippen LogP contribution in [0.5, 0.6) is 0 Å². The summed E-state index contributed by atoms with van der Waals surface area (Å²) in [5, 5.41) is 23.3. The van der Waals surface area contributed by atoms with Crippen LogP contribution in [-0.4, -0.2) is 21.7 Å². The van der Waals surface area contributed by atoms with Crippen molar-refractivity contribution in [3.63, 3.8) is 0 Å². The highest BCUT2D eigenvalue weighted by molar-refractivity contribution is 6.10. The van der Waals surface area contributed by atoms with E-state index < -0.39 is 21.7 Å². The average molecular weight is 315 g/mol. The van der Waals surface area contributed by atoms with Crippen molar-refractivity contribution in [2.75, 3.05) is 0 Å². The van der Waals surface area contributed by atoms with E-state index >= 15 is 0 Å². The van der Waals surface area contributed by atoms with Crippen molar-refractivity contribution in [3.05, 3.63) is 79.9 Å². The molecule has 0 radical (unpaired) electrons. The van der Waals surface area contributed by atoms with Crippen molar-refractivity contribution in [1.82, 2.24) is 5.32 Å². The van der Waals surface area contributed by atoms with Gasteiger partial charge < -0.3 is 0 Å². The molecule has 116 valence electrons. The molecule has 0 heterocycles. The second-order valence-corrected chi connectivity index (χ2v) is 4.40. The summed E-state index contributed by atoms with van der Waals surface area (Å²) in [5.74, 6) is -1.68. The standard InChI is InChI=1S/C14H9N3O6/c18-13(9-3-1-5-11(7-9)16(20)21)15-14(19)10-4-2-6-12(8-10)17(22)23/h1-8H,(H,15,18,19). The molecule has 2 rings (SSSR count). The summed E-state index contributed by atoms with van der Waals surface area (Å²) in [5.41, 5.74) is -0.725. The zero-order valence-electron chi connectivity index (χ0n) is 11.5. The molecule has 9 heteroatoms. The number of amides is 2. The van der Waals surface area contributed by atoms with E-state index in [4.69, 9.17) is 0 Å². The first-order chi connectivity index (χ1) is 10.9. The Morgan fingerprint density at radius 3 is 1.52 bits per heavy atom. The Labute approximate surface area is 128 Å². The first-order valence-corrected chi connectivity index (χ1v) is 6.23. The topological polar surface area (TPSA) is 132 Å².